The largest absolute Gasteiger partial charge is 0.481 e. The van der Waals surface area contributed by atoms with E-state index in [0.717, 1.165) is 5.69 Å². The average molecular weight is 543 g/mol. The summed E-state index contributed by atoms with van der Waals surface area (Å²) in [4.78, 5) is 24.3. The van der Waals surface area contributed by atoms with Crippen LogP contribution in [0.3, 0.4) is 0 Å². The van der Waals surface area contributed by atoms with Gasteiger partial charge in [-0.15, -0.1) is 24.8 Å². The number of hydrogen-bond donors (Lipinski definition) is 3. The molecule has 0 bridgehead atoms. The van der Waals surface area contributed by atoms with Crippen LogP contribution in [0.4, 0.5) is 10.2 Å². The normalized spacial score (nSPS) is 13.0. The smallest absolute Gasteiger partial charge is 0.263 e. The van der Waals surface area contributed by atoms with Gasteiger partial charge in [-0.1, -0.05) is 0 Å². The first kappa shape index (κ1) is 29.4. The number of hydrogen-bond acceptors (Lipinski definition) is 9. The second-order valence-electron chi connectivity index (χ2n) is 7.73. The molecule has 1 aliphatic heterocycles. The molecule has 1 atom stereocenters. The number of pyridine rings is 3. The summed E-state index contributed by atoms with van der Waals surface area (Å²) in [5.41, 5.74) is 2.40. The number of fused-ring (bicyclic) bond motifs is 2. The molecular weight excluding hydrogens is 514 g/mol. The number of nitrogens with zero attached hydrogens (tertiary/aromatic N) is 3. The molecule has 0 spiro atoms. The molecule has 0 saturated carbocycles. The van der Waals surface area contributed by atoms with Gasteiger partial charge in [0.15, 0.2) is 18.2 Å². The van der Waals surface area contributed by atoms with E-state index in [1.807, 2.05) is 6.07 Å². The molecule has 0 radical (unpaired) electrons. The first-order chi connectivity index (χ1) is 16.6. The highest BCUT2D eigenvalue weighted by Gasteiger charge is 2.17. The van der Waals surface area contributed by atoms with Crippen molar-refractivity contribution < 1.29 is 23.4 Å². The summed E-state index contributed by atoms with van der Waals surface area (Å²) in [6.45, 7) is 2.21. The van der Waals surface area contributed by atoms with Gasteiger partial charge in [-0.25, -0.2) is 14.4 Å². The van der Waals surface area contributed by atoms with Crippen LogP contribution in [0, 0.1) is 5.82 Å². The second kappa shape index (κ2) is 14.0. The third-order valence-electron chi connectivity index (χ3n) is 5.42. The summed E-state index contributed by atoms with van der Waals surface area (Å²) < 4.78 is 30.4. The van der Waals surface area contributed by atoms with Gasteiger partial charge in [0.2, 0.25) is 5.88 Å². The van der Waals surface area contributed by atoms with E-state index in [-0.39, 0.29) is 49.2 Å². The van der Waals surface area contributed by atoms with Crippen LogP contribution in [0.15, 0.2) is 30.5 Å². The van der Waals surface area contributed by atoms with Crippen LogP contribution in [0.25, 0.3) is 11.0 Å². The molecule has 0 aliphatic carbocycles. The fraction of sp³-hybridized carbons (Fsp3) is 0.391. The maximum atomic E-state index is 14.4. The highest BCUT2D eigenvalue weighted by Crippen LogP contribution is 2.25. The van der Waals surface area contributed by atoms with E-state index < -0.39 is 0 Å². The van der Waals surface area contributed by atoms with Crippen LogP contribution in [-0.4, -0.2) is 67.4 Å². The Morgan fingerprint density at radius 1 is 1.14 bits per heavy atom. The maximum absolute atomic E-state index is 14.4. The molecule has 3 aromatic heterocycles. The minimum atomic E-state index is -0.390. The third-order valence-corrected chi connectivity index (χ3v) is 5.42. The number of methoxy groups -OCH3 is 2. The molecule has 0 fully saturated rings. The Kier molecular flexibility index (Phi) is 11.5. The number of ether oxygens (including phenoxy) is 3. The average Bonchev–Trinajstić information content (AvgIpc) is 2.85. The third kappa shape index (κ3) is 7.34. The summed E-state index contributed by atoms with van der Waals surface area (Å²) in [6.07, 6.45) is 1.57. The fourth-order valence-corrected chi connectivity index (χ4v) is 3.61. The van der Waals surface area contributed by atoms with Gasteiger partial charge in [-0.3, -0.25) is 9.78 Å². The molecule has 0 saturated heterocycles. The molecule has 10 nitrogen and oxygen atoms in total. The molecule has 1 amide bonds. The van der Waals surface area contributed by atoms with Crippen molar-refractivity contribution in [2.45, 2.75) is 19.1 Å². The van der Waals surface area contributed by atoms with Crippen molar-refractivity contribution in [2.24, 2.45) is 0 Å². The van der Waals surface area contributed by atoms with Crippen LogP contribution >= 0.6 is 24.8 Å². The lowest BCUT2D eigenvalue weighted by atomic mass is 10.1. The molecule has 36 heavy (non-hydrogen) atoms. The van der Waals surface area contributed by atoms with Gasteiger partial charge in [0.05, 0.1) is 36.1 Å². The van der Waals surface area contributed by atoms with Crippen LogP contribution in [0.5, 0.6) is 11.6 Å². The van der Waals surface area contributed by atoms with Crippen molar-refractivity contribution in [2.75, 3.05) is 45.8 Å². The van der Waals surface area contributed by atoms with Crippen LogP contribution in [-0.2, 0) is 22.5 Å². The van der Waals surface area contributed by atoms with E-state index in [1.54, 1.807) is 25.3 Å². The summed E-state index contributed by atoms with van der Waals surface area (Å²) in [6, 6.07) is 7.11. The van der Waals surface area contributed by atoms with Crippen molar-refractivity contribution >= 4 is 47.6 Å². The number of halogens is 3. The second-order valence-corrected chi connectivity index (χ2v) is 7.73. The molecule has 196 valence electrons. The molecule has 1 aliphatic rings. The van der Waals surface area contributed by atoms with Crippen molar-refractivity contribution in [1.29, 1.82) is 0 Å². The SMILES string of the molecule is COc1ccc2ncc(F)c(CCNC[C@H](CNCc3ccc4c(n3)NC(=O)CO4)OC)c2n1.Cl.Cl. The van der Waals surface area contributed by atoms with Crippen molar-refractivity contribution in [3.63, 3.8) is 0 Å². The quantitative estimate of drug-likeness (QED) is 0.313. The zero-order valence-electron chi connectivity index (χ0n) is 19.9. The number of aromatic nitrogens is 3. The van der Waals surface area contributed by atoms with Crippen molar-refractivity contribution in [3.05, 3.63) is 47.5 Å². The zero-order chi connectivity index (χ0) is 23.9. The Hall–Kier alpha value is -2.83. The van der Waals surface area contributed by atoms with Gasteiger partial charge in [-0.2, -0.15) is 0 Å². The first-order valence-electron chi connectivity index (χ1n) is 10.9. The number of carbonyl (C=O) groups is 1. The zero-order valence-corrected chi connectivity index (χ0v) is 21.5. The van der Waals surface area contributed by atoms with Gasteiger partial charge in [-0.05, 0) is 31.2 Å². The van der Waals surface area contributed by atoms with Gasteiger partial charge in [0.1, 0.15) is 5.82 Å². The molecular formula is C23H29Cl2FN6O4. The highest BCUT2D eigenvalue weighted by atomic mass is 35.5. The van der Waals surface area contributed by atoms with Crippen LogP contribution in [0.1, 0.15) is 11.3 Å². The lowest BCUT2D eigenvalue weighted by Gasteiger charge is -2.19. The number of amides is 1. The van der Waals surface area contributed by atoms with E-state index >= 15 is 0 Å². The molecule has 0 unspecified atom stereocenters. The van der Waals surface area contributed by atoms with Gasteiger partial charge in [0.25, 0.3) is 5.91 Å². The Morgan fingerprint density at radius 3 is 2.72 bits per heavy atom. The fourth-order valence-electron chi connectivity index (χ4n) is 3.61. The predicted molar refractivity (Wildman–Crippen MR) is 138 cm³/mol. The van der Waals surface area contributed by atoms with Crippen LogP contribution < -0.4 is 25.4 Å². The minimum Gasteiger partial charge on any atom is -0.481 e. The number of carbonyl (C=O) groups excluding carboxylic acids is 1. The standard InChI is InChI=1S/C23H27FN6O4.2ClH/c1-32-15(11-26-9-14-3-5-19-23(28-14)29-20(31)13-34-19)10-25-8-7-16-17(24)12-27-18-4-6-21(33-2)30-22(16)18;;/h3-6,12,15,25-26H,7-11,13H2,1-2H3,(H,28,29,31);2*1H/t15-;;/m1../s1. The Balaban J connectivity index is 0.00000228. The lowest BCUT2D eigenvalue weighted by Crippen LogP contribution is -2.37. The molecule has 4 rings (SSSR count). The topological polar surface area (TPSA) is 120 Å². The van der Waals surface area contributed by atoms with E-state index in [2.05, 4.69) is 30.9 Å². The monoisotopic (exact) mass is 542 g/mol. The highest BCUT2D eigenvalue weighted by molar-refractivity contribution is 5.94. The Morgan fingerprint density at radius 2 is 1.94 bits per heavy atom. The van der Waals surface area contributed by atoms with E-state index in [1.165, 1.54) is 13.3 Å². The van der Waals surface area contributed by atoms with E-state index in [4.69, 9.17) is 14.2 Å². The van der Waals surface area contributed by atoms with Gasteiger partial charge < -0.3 is 30.2 Å². The van der Waals surface area contributed by atoms with Crippen molar-refractivity contribution in [1.82, 2.24) is 25.6 Å². The van der Waals surface area contributed by atoms with Crippen LogP contribution in [0.2, 0.25) is 0 Å². The summed E-state index contributed by atoms with van der Waals surface area (Å²) >= 11 is 0. The number of rotatable bonds is 11. The predicted octanol–water partition coefficient (Wildman–Crippen LogP) is 2.28. The lowest BCUT2D eigenvalue weighted by molar-refractivity contribution is -0.118. The summed E-state index contributed by atoms with van der Waals surface area (Å²) in [5.74, 6) is 0.810. The number of nitrogens with one attached hydrogen (secondary N) is 3. The maximum Gasteiger partial charge on any atom is 0.263 e. The Labute approximate surface area is 220 Å². The molecule has 3 aromatic rings. The number of anilines is 1. The van der Waals surface area contributed by atoms with E-state index in [0.29, 0.717) is 66.6 Å². The molecule has 0 aromatic carbocycles. The molecule has 13 heteroatoms. The minimum absolute atomic E-state index is 0. The van der Waals surface area contributed by atoms with Gasteiger partial charge in [0, 0.05) is 38.4 Å². The molecule has 4 heterocycles. The van der Waals surface area contributed by atoms with Crippen molar-refractivity contribution in [3.8, 4) is 11.6 Å². The van der Waals surface area contributed by atoms with Gasteiger partial charge >= 0.3 is 0 Å². The molecule has 3 N–H and O–H groups in total. The van der Waals surface area contributed by atoms with E-state index in [9.17, 15) is 9.18 Å². The first-order valence-corrected chi connectivity index (χ1v) is 10.9. The summed E-state index contributed by atoms with van der Waals surface area (Å²) in [7, 11) is 3.17. The Bertz CT molecular complexity index is 1170. The summed E-state index contributed by atoms with van der Waals surface area (Å²) in [5, 5.41) is 9.31.